The number of quaternary nitrogens is 1. The number of carbonyl (C=O) groups is 1. The molecule has 3 atom stereocenters. The summed E-state index contributed by atoms with van der Waals surface area (Å²) in [6.45, 7) is 4.54. The van der Waals surface area contributed by atoms with Crippen molar-refractivity contribution in [3.8, 4) is 0 Å². The molecular weight excluding hydrogens is 623 g/mol. The zero-order valence-electron chi connectivity index (χ0n) is 32.0. The first-order valence-corrected chi connectivity index (χ1v) is 21.2. The van der Waals surface area contributed by atoms with E-state index in [1.54, 1.807) is 6.08 Å². The molecule has 1 amide bonds. The molecule has 0 aliphatic heterocycles. The number of hydrogen-bond donors (Lipinski definition) is 3. The normalized spacial score (nSPS) is 14.9. The van der Waals surface area contributed by atoms with E-state index in [1.165, 1.54) is 116 Å². The van der Waals surface area contributed by atoms with E-state index in [0.717, 1.165) is 32.1 Å². The SMILES string of the molecule is CCCCCCCCCCCCCCCCCCCC/C=C/CC/C=C/C(O)C(COP(=O)(O)OCC[N+](C)(C)C)NC(=O)CCCC. The Morgan fingerprint density at radius 1 is 0.688 bits per heavy atom. The summed E-state index contributed by atoms with van der Waals surface area (Å²) in [6, 6.07) is -0.854. The summed E-state index contributed by atoms with van der Waals surface area (Å²) in [5, 5.41) is 13.5. The van der Waals surface area contributed by atoms with E-state index < -0.39 is 20.0 Å². The first kappa shape index (κ1) is 47.0. The van der Waals surface area contributed by atoms with Crippen molar-refractivity contribution in [3.63, 3.8) is 0 Å². The van der Waals surface area contributed by atoms with Crippen LogP contribution in [0.15, 0.2) is 24.3 Å². The van der Waals surface area contributed by atoms with Crippen molar-refractivity contribution in [2.45, 2.75) is 180 Å². The van der Waals surface area contributed by atoms with Gasteiger partial charge in [0.2, 0.25) is 5.91 Å². The summed E-state index contributed by atoms with van der Waals surface area (Å²) < 4.78 is 23.1. The van der Waals surface area contributed by atoms with Gasteiger partial charge < -0.3 is 19.8 Å². The summed E-state index contributed by atoms with van der Waals surface area (Å²) in [5.74, 6) is -0.223. The van der Waals surface area contributed by atoms with Gasteiger partial charge in [-0.15, -0.1) is 0 Å². The van der Waals surface area contributed by atoms with E-state index >= 15 is 0 Å². The van der Waals surface area contributed by atoms with Crippen LogP contribution in [0, 0.1) is 0 Å². The molecule has 0 saturated carbocycles. The minimum atomic E-state index is -4.31. The lowest BCUT2D eigenvalue weighted by Gasteiger charge is -2.25. The van der Waals surface area contributed by atoms with Crippen LogP contribution in [-0.2, 0) is 18.4 Å². The third kappa shape index (κ3) is 33.5. The quantitative estimate of drug-likeness (QED) is 0.0263. The lowest BCUT2D eigenvalue weighted by atomic mass is 10.0. The number of phosphoric ester groups is 1. The van der Waals surface area contributed by atoms with Crippen LogP contribution in [0.3, 0.4) is 0 Å². The smallest absolute Gasteiger partial charge is 0.387 e. The maximum Gasteiger partial charge on any atom is 0.472 e. The Balaban J connectivity index is 4.03. The number of rotatable bonds is 35. The highest BCUT2D eigenvalue weighted by molar-refractivity contribution is 7.47. The Morgan fingerprint density at radius 2 is 1.15 bits per heavy atom. The lowest BCUT2D eigenvalue weighted by Crippen LogP contribution is -2.45. The molecule has 3 unspecified atom stereocenters. The number of likely N-dealkylation sites (N-methyl/N-ethyl adjacent to an activating group) is 1. The second-order valence-corrected chi connectivity index (χ2v) is 16.1. The fourth-order valence-electron chi connectivity index (χ4n) is 5.45. The standard InChI is InChI=1S/C39H77N2O6P/c1-6-8-10-11-12-13-14-15-16-17-18-19-20-21-22-23-24-25-26-27-28-29-30-31-32-38(42)37(40-39(43)33-9-7-2)36-47-48(44,45)46-35-34-41(3,4)5/h27-28,31-32,37-38,42H,6-26,29-30,33-36H2,1-5H3,(H-,40,43,44,45)/p+1/b28-27+,32-31+. The molecule has 0 heterocycles. The summed E-state index contributed by atoms with van der Waals surface area (Å²) >= 11 is 0. The van der Waals surface area contributed by atoms with Gasteiger partial charge in [-0.3, -0.25) is 13.8 Å². The molecule has 8 nitrogen and oxygen atoms in total. The Morgan fingerprint density at radius 3 is 1.65 bits per heavy atom. The van der Waals surface area contributed by atoms with Crippen LogP contribution in [0.25, 0.3) is 0 Å². The average Bonchev–Trinajstić information content (AvgIpc) is 3.03. The van der Waals surface area contributed by atoms with Gasteiger partial charge in [0.25, 0.3) is 0 Å². The zero-order chi connectivity index (χ0) is 35.8. The summed E-state index contributed by atoms with van der Waals surface area (Å²) in [7, 11) is 1.55. The van der Waals surface area contributed by atoms with Crippen LogP contribution in [0.4, 0.5) is 0 Å². The Bertz CT molecular complexity index is 845. The highest BCUT2D eigenvalue weighted by Crippen LogP contribution is 2.43. The predicted octanol–water partition coefficient (Wildman–Crippen LogP) is 10.2. The Labute approximate surface area is 296 Å². The second-order valence-electron chi connectivity index (χ2n) is 14.7. The molecule has 0 rings (SSSR count). The van der Waals surface area contributed by atoms with Gasteiger partial charge >= 0.3 is 7.82 Å². The van der Waals surface area contributed by atoms with Gasteiger partial charge in [-0.2, -0.15) is 0 Å². The molecule has 0 aromatic rings. The molecule has 0 spiro atoms. The molecule has 284 valence electrons. The molecule has 0 radical (unpaired) electrons. The second kappa shape index (κ2) is 31.9. The molecule has 0 aromatic carbocycles. The number of aliphatic hydroxyl groups is 1. The number of phosphoric acid groups is 1. The topological polar surface area (TPSA) is 105 Å². The van der Waals surface area contributed by atoms with Gasteiger partial charge in [-0.25, -0.2) is 4.57 Å². The van der Waals surface area contributed by atoms with E-state index in [1.807, 2.05) is 34.1 Å². The molecule has 0 fully saturated rings. The molecule has 0 aromatic heterocycles. The van der Waals surface area contributed by atoms with Gasteiger partial charge in [-0.1, -0.05) is 154 Å². The Hall–Kier alpha value is -1.02. The van der Waals surface area contributed by atoms with E-state index in [-0.39, 0.29) is 19.1 Å². The van der Waals surface area contributed by atoms with Crippen molar-refractivity contribution in [3.05, 3.63) is 24.3 Å². The predicted molar refractivity (Wildman–Crippen MR) is 203 cm³/mol. The van der Waals surface area contributed by atoms with Gasteiger partial charge in [0, 0.05) is 6.42 Å². The number of nitrogens with zero attached hydrogens (tertiary/aromatic N) is 1. The fourth-order valence-corrected chi connectivity index (χ4v) is 6.18. The van der Waals surface area contributed by atoms with E-state index in [9.17, 15) is 19.4 Å². The fraction of sp³-hybridized carbons (Fsp3) is 0.872. The molecular formula is C39H78N2O6P+. The minimum Gasteiger partial charge on any atom is -0.387 e. The van der Waals surface area contributed by atoms with Crippen molar-refractivity contribution in [1.82, 2.24) is 5.32 Å². The van der Waals surface area contributed by atoms with Crippen molar-refractivity contribution in [2.24, 2.45) is 0 Å². The monoisotopic (exact) mass is 702 g/mol. The van der Waals surface area contributed by atoms with Crippen molar-refractivity contribution in [2.75, 3.05) is 40.9 Å². The lowest BCUT2D eigenvalue weighted by molar-refractivity contribution is -0.870. The van der Waals surface area contributed by atoms with Crippen molar-refractivity contribution >= 4 is 13.7 Å². The van der Waals surface area contributed by atoms with Crippen LogP contribution in [0.5, 0.6) is 0 Å². The van der Waals surface area contributed by atoms with Crippen LogP contribution in [0.1, 0.15) is 168 Å². The van der Waals surface area contributed by atoms with Gasteiger partial charge in [0.05, 0.1) is 39.9 Å². The van der Waals surface area contributed by atoms with Crippen LogP contribution in [0.2, 0.25) is 0 Å². The molecule has 48 heavy (non-hydrogen) atoms. The van der Waals surface area contributed by atoms with E-state index in [2.05, 4.69) is 24.4 Å². The van der Waals surface area contributed by atoms with Gasteiger partial charge in [0.15, 0.2) is 0 Å². The molecule has 0 aliphatic carbocycles. The van der Waals surface area contributed by atoms with Crippen LogP contribution in [-0.4, -0.2) is 73.4 Å². The summed E-state index contributed by atoms with van der Waals surface area (Å²) in [4.78, 5) is 22.4. The molecule has 0 bridgehead atoms. The zero-order valence-corrected chi connectivity index (χ0v) is 32.9. The summed E-state index contributed by atoms with van der Waals surface area (Å²) in [6.07, 6.45) is 36.6. The van der Waals surface area contributed by atoms with Crippen molar-refractivity contribution in [1.29, 1.82) is 0 Å². The van der Waals surface area contributed by atoms with Gasteiger partial charge in [-0.05, 0) is 32.1 Å². The van der Waals surface area contributed by atoms with Crippen molar-refractivity contribution < 1.29 is 32.9 Å². The first-order chi connectivity index (χ1) is 23.0. The average molecular weight is 702 g/mol. The number of hydrogen-bond acceptors (Lipinski definition) is 5. The highest BCUT2D eigenvalue weighted by atomic mass is 31.2. The number of amides is 1. The number of nitrogens with one attached hydrogen (secondary N) is 1. The summed E-state index contributed by atoms with van der Waals surface area (Å²) in [5.41, 5.74) is 0. The number of allylic oxidation sites excluding steroid dienone is 3. The first-order valence-electron chi connectivity index (χ1n) is 19.7. The highest BCUT2D eigenvalue weighted by Gasteiger charge is 2.27. The molecule has 0 aliphatic rings. The van der Waals surface area contributed by atoms with Crippen LogP contribution >= 0.6 is 7.82 Å². The molecule has 0 saturated heterocycles. The molecule has 9 heteroatoms. The maximum atomic E-state index is 12.3. The third-order valence-corrected chi connectivity index (χ3v) is 9.66. The minimum absolute atomic E-state index is 0.0559. The van der Waals surface area contributed by atoms with E-state index in [4.69, 9.17) is 9.05 Å². The van der Waals surface area contributed by atoms with Gasteiger partial charge in [0.1, 0.15) is 13.2 Å². The number of unbranched alkanes of at least 4 members (excludes halogenated alkanes) is 20. The number of aliphatic hydroxyl groups excluding tert-OH is 1. The largest absolute Gasteiger partial charge is 0.472 e. The molecule has 3 N–H and O–H groups in total. The maximum absolute atomic E-state index is 12.3. The third-order valence-electron chi connectivity index (χ3n) is 8.67. The number of carbonyl (C=O) groups excluding carboxylic acids is 1. The Kier molecular flexibility index (Phi) is 31.2. The van der Waals surface area contributed by atoms with Crippen LogP contribution < -0.4 is 5.32 Å². The van der Waals surface area contributed by atoms with E-state index in [0.29, 0.717) is 17.4 Å².